The first-order chi connectivity index (χ1) is 15.4. The van der Waals surface area contributed by atoms with E-state index < -0.39 is 4.92 Å². The van der Waals surface area contributed by atoms with Crippen molar-refractivity contribution in [2.45, 2.75) is 36.9 Å². The Hall–Kier alpha value is -2.62. The number of nitrogens with zero attached hydrogens (tertiary/aromatic N) is 4. The van der Waals surface area contributed by atoms with Crippen LogP contribution in [-0.2, 0) is 11.3 Å². The smallest absolute Gasteiger partial charge is 0.289 e. The molecule has 2 atom stereocenters. The molecule has 32 heavy (non-hydrogen) atoms. The summed E-state index contributed by atoms with van der Waals surface area (Å²) in [5.41, 5.74) is 1.29. The zero-order valence-electron chi connectivity index (χ0n) is 17.0. The highest BCUT2D eigenvalue weighted by molar-refractivity contribution is 7.99. The zero-order valence-corrected chi connectivity index (χ0v) is 19.3. The third kappa shape index (κ3) is 4.90. The number of carbonyl (C=O) groups is 1. The van der Waals surface area contributed by atoms with Gasteiger partial charge in [0.05, 0.1) is 10.7 Å². The summed E-state index contributed by atoms with van der Waals surface area (Å²) < 4.78 is 2.03. The van der Waals surface area contributed by atoms with Gasteiger partial charge < -0.3 is 9.88 Å². The molecule has 1 aromatic heterocycles. The lowest BCUT2D eigenvalue weighted by atomic mass is 10.1. The summed E-state index contributed by atoms with van der Waals surface area (Å²) in [7, 11) is 0. The van der Waals surface area contributed by atoms with Crippen LogP contribution in [0.2, 0.25) is 10.0 Å². The molecule has 11 heteroatoms. The van der Waals surface area contributed by atoms with Gasteiger partial charge in [0.15, 0.2) is 5.16 Å². The summed E-state index contributed by atoms with van der Waals surface area (Å²) in [4.78, 5) is 22.8. The molecular weight excluding hydrogens is 473 g/mol. The van der Waals surface area contributed by atoms with E-state index in [0.29, 0.717) is 34.2 Å². The van der Waals surface area contributed by atoms with E-state index in [1.54, 1.807) is 0 Å². The second-order valence-corrected chi connectivity index (χ2v) is 9.13. The molecular formula is C21H19Cl2N5O3S. The standard InChI is InChI=1S/C21H19Cl2N5O3S/c1-2-27-20(16-10-15(16)12-3-5-13(22)6-4-12)25-26-21(27)32-11-19(29)24-14-7-8-17(23)18(9-14)28(30)31/h3-9,15-16H,2,10-11H2,1H3,(H,24,29)/t15-,16-/m1/s1. The summed E-state index contributed by atoms with van der Waals surface area (Å²) in [6.07, 6.45) is 1.00. The lowest BCUT2D eigenvalue weighted by molar-refractivity contribution is -0.384. The molecule has 2 aromatic carbocycles. The van der Waals surface area contributed by atoms with Crippen molar-refractivity contribution in [3.05, 3.63) is 74.0 Å². The van der Waals surface area contributed by atoms with Crippen LogP contribution in [0.25, 0.3) is 0 Å². The Morgan fingerprint density at radius 1 is 1.22 bits per heavy atom. The maximum atomic E-state index is 12.4. The number of amides is 1. The van der Waals surface area contributed by atoms with Gasteiger partial charge in [-0.3, -0.25) is 14.9 Å². The number of nitrogens with one attached hydrogen (secondary N) is 1. The number of thioether (sulfide) groups is 1. The summed E-state index contributed by atoms with van der Waals surface area (Å²) in [5, 5.41) is 23.7. The summed E-state index contributed by atoms with van der Waals surface area (Å²) in [5.74, 6) is 1.40. The number of carbonyl (C=O) groups excluding carboxylic acids is 1. The van der Waals surface area contributed by atoms with Crippen molar-refractivity contribution in [3.8, 4) is 0 Å². The van der Waals surface area contributed by atoms with E-state index in [1.807, 2.05) is 35.8 Å². The predicted octanol–water partition coefficient (Wildman–Crippen LogP) is 5.51. The van der Waals surface area contributed by atoms with Crippen molar-refractivity contribution in [2.24, 2.45) is 0 Å². The van der Waals surface area contributed by atoms with Crippen LogP contribution in [0, 0.1) is 10.1 Å². The lowest BCUT2D eigenvalue weighted by Crippen LogP contribution is -2.15. The Balaban J connectivity index is 1.39. The van der Waals surface area contributed by atoms with Gasteiger partial charge in [-0.1, -0.05) is 47.1 Å². The minimum absolute atomic E-state index is 0.0166. The van der Waals surface area contributed by atoms with Crippen LogP contribution < -0.4 is 5.32 Å². The van der Waals surface area contributed by atoms with Gasteiger partial charge in [0.25, 0.3) is 5.69 Å². The monoisotopic (exact) mass is 491 g/mol. The molecule has 0 bridgehead atoms. The number of rotatable bonds is 8. The molecule has 0 unspecified atom stereocenters. The van der Waals surface area contributed by atoms with Crippen molar-refractivity contribution in [3.63, 3.8) is 0 Å². The third-order valence-electron chi connectivity index (χ3n) is 5.24. The van der Waals surface area contributed by atoms with Crippen molar-refractivity contribution in [1.29, 1.82) is 0 Å². The molecule has 1 aliphatic carbocycles. The Bertz CT molecular complexity index is 1170. The number of anilines is 1. The quantitative estimate of drug-likeness (QED) is 0.253. The highest BCUT2D eigenvalue weighted by atomic mass is 35.5. The maximum Gasteiger partial charge on any atom is 0.289 e. The van der Waals surface area contributed by atoms with E-state index in [9.17, 15) is 14.9 Å². The van der Waals surface area contributed by atoms with E-state index in [2.05, 4.69) is 15.5 Å². The molecule has 1 fully saturated rings. The molecule has 0 spiro atoms. The molecule has 0 saturated heterocycles. The van der Waals surface area contributed by atoms with Gasteiger partial charge in [-0.05, 0) is 49.1 Å². The highest BCUT2D eigenvalue weighted by Gasteiger charge is 2.43. The fraction of sp³-hybridized carbons (Fsp3) is 0.286. The first-order valence-corrected chi connectivity index (χ1v) is 11.7. The largest absolute Gasteiger partial charge is 0.325 e. The predicted molar refractivity (Wildman–Crippen MR) is 125 cm³/mol. The van der Waals surface area contributed by atoms with E-state index in [4.69, 9.17) is 23.2 Å². The molecule has 1 aliphatic rings. The van der Waals surface area contributed by atoms with Crippen LogP contribution in [0.15, 0.2) is 47.6 Å². The third-order valence-corrected chi connectivity index (χ3v) is 6.78. The van der Waals surface area contributed by atoms with E-state index in [0.717, 1.165) is 12.2 Å². The van der Waals surface area contributed by atoms with Crippen molar-refractivity contribution in [2.75, 3.05) is 11.1 Å². The molecule has 1 heterocycles. The number of nitro groups is 1. The molecule has 1 amide bonds. The summed E-state index contributed by atoms with van der Waals surface area (Å²) >= 11 is 13.1. The van der Waals surface area contributed by atoms with Crippen LogP contribution in [0.4, 0.5) is 11.4 Å². The number of nitro benzene ring substituents is 1. The maximum absolute atomic E-state index is 12.4. The first kappa shape index (κ1) is 22.6. The van der Waals surface area contributed by atoms with Gasteiger partial charge in [0.1, 0.15) is 10.8 Å². The molecule has 3 aromatic rings. The van der Waals surface area contributed by atoms with Gasteiger partial charge in [-0.2, -0.15) is 0 Å². The van der Waals surface area contributed by atoms with Gasteiger partial charge in [0.2, 0.25) is 5.91 Å². The SMILES string of the molecule is CCn1c(SCC(=O)Nc2ccc(Cl)c([N+](=O)[O-])c2)nnc1[C@@H]1C[C@@H]1c1ccc(Cl)cc1. The molecule has 4 rings (SSSR count). The number of benzene rings is 2. The zero-order chi connectivity index (χ0) is 22.8. The Morgan fingerprint density at radius 2 is 1.97 bits per heavy atom. The van der Waals surface area contributed by atoms with Crippen LogP contribution in [-0.4, -0.2) is 31.3 Å². The normalized spacial score (nSPS) is 17.2. The van der Waals surface area contributed by atoms with Gasteiger partial charge in [0, 0.05) is 29.2 Å². The lowest BCUT2D eigenvalue weighted by Gasteiger charge is -2.08. The Labute approximate surface area is 198 Å². The molecule has 1 saturated carbocycles. The average Bonchev–Trinajstić information content (AvgIpc) is 3.45. The number of hydrogen-bond donors (Lipinski definition) is 1. The number of aromatic nitrogens is 3. The second-order valence-electron chi connectivity index (χ2n) is 7.35. The van der Waals surface area contributed by atoms with E-state index in [-0.39, 0.29) is 22.4 Å². The van der Waals surface area contributed by atoms with Crippen LogP contribution >= 0.6 is 35.0 Å². The van der Waals surface area contributed by atoms with Crippen molar-refractivity contribution >= 4 is 52.2 Å². The van der Waals surface area contributed by atoms with E-state index >= 15 is 0 Å². The van der Waals surface area contributed by atoms with E-state index in [1.165, 1.54) is 35.5 Å². The topological polar surface area (TPSA) is 103 Å². The van der Waals surface area contributed by atoms with Crippen molar-refractivity contribution < 1.29 is 9.72 Å². The number of halogens is 2. The highest BCUT2D eigenvalue weighted by Crippen LogP contribution is 2.54. The molecule has 1 N–H and O–H groups in total. The molecule has 8 nitrogen and oxygen atoms in total. The van der Waals surface area contributed by atoms with Crippen LogP contribution in [0.3, 0.4) is 0 Å². The first-order valence-electron chi connectivity index (χ1n) is 9.92. The Morgan fingerprint density at radius 3 is 2.66 bits per heavy atom. The van der Waals surface area contributed by atoms with Gasteiger partial charge in [-0.25, -0.2) is 0 Å². The van der Waals surface area contributed by atoms with Crippen LogP contribution in [0.5, 0.6) is 0 Å². The molecule has 0 radical (unpaired) electrons. The van der Waals surface area contributed by atoms with Gasteiger partial charge in [-0.15, -0.1) is 10.2 Å². The fourth-order valence-electron chi connectivity index (χ4n) is 3.59. The summed E-state index contributed by atoms with van der Waals surface area (Å²) in [6.45, 7) is 2.71. The molecule has 0 aliphatic heterocycles. The minimum Gasteiger partial charge on any atom is -0.325 e. The van der Waals surface area contributed by atoms with Crippen LogP contribution in [0.1, 0.15) is 36.6 Å². The minimum atomic E-state index is -0.590. The number of hydrogen-bond acceptors (Lipinski definition) is 6. The Kier molecular flexibility index (Phi) is 6.68. The molecule has 166 valence electrons. The fourth-order valence-corrected chi connectivity index (χ4v) is 4.72. The average molecular weight is 492 g/mol. The summed E-state index contributed by atoms with van der Waals surface area (Å²) in [6, 6.07) is 12.0. The second kappa shape index (κ2) is 9.48. The van der Waals surface area contributed by atoms with Gasteiger partial charge >= 0.3 is 0 Å². The van der Waals surface area contributed by atoms with Crippen molar-refractivity contribution in [1.82, 2.24) is 14.8 Å².